The molecule has 0 spiro atoms. The Hall–Kier alpha value is -2.81. The van der Waals surface area contributed by atoms with Crippen LogP contribution in [0.3, 0.4) is 0 Å². The average Bonchev–Trinajstić information content (AvgIpc) is 2.66. The van der Waals surface area contributed by atoms with Crippen LogP contribution in [0, 0.1) is 0 Å². The molecule has 0 fully saturated rings. The predicted molar refractivity (Wildman–Crippen MR) is 103 cm³/mol. The molecule has 0 atom stereocenters. The van der Waals surface area contributed by atoms with Gasteiger partial charge >= 0.3 is 6.18 Å². The van der Waals surface area contributed by atoms with Crippen molar-refractivity contribution < 1.29 is 27.4 Å². The number of carbonyl (C=O) groups is 1. The normalized spacial score (nSPS) is 11.3. The van der Waals surface area contributed by atoms with Crippen molar-refractivity contribution in [1.29, 1.82) is 0 Å². The van der Waals surface area contributed by atoms with E-state index in [9.17, 15) is 18.0 Å². The average molecular weight is 457 g/mol. The lowest BCUT2D eigenvalue weighted by Gasteiger charge is -2.12. The number of halogens is 4. The molecule has 0 aliphatic carbocycles. The molecule has 148 valence electrons. The third kappa shape index (κ3) is 5.35. The van der Waals surface area contributed by atoms with E-state index < -0.39 is 23.2 Å². The summed E-state index contributed by atoms with van der Waals surface area (Å²) >= 11 is 3.34. The minimum Gasteiger partial charge on any atom is -0.493 e. The van der Waals surface area contributed by atoms with Crippen LogP contribution in [0.5, 0.6) is 11.5 Å². The van der Waals surface area contributed by atoms with Crippen LogP contribution in [0.2, 0.25) is 0 Å². The zero-order chi connectivity index (χ0) is 20.7. The van der Waals surface area contributed by atoms with E-state index in [0.717, 1.165) is 12.1 Å². The molecule has 2 aromatic carbocycles. The number of carbonyl (C=O) groups excluding carboxylic acids is 1. The van der Waals surface area contributed by atoms with Gasteiger partial charge in [0.25, 0.3) is 5.91 Å². The Bertz CT molecular complexity index is 898. The van der Waals surface area contributed by atoms with Crippen molar-refractivity contribution in [3.8, 4) is 11.5 Å². The van der Waals surface area contributed by atoms with Crippen molar-refractivity contribution in [2.24, 2.45) is 5.10 Å². The summed E-state index contributed by atoms with van der Waals surface area (Å²) in [6.45, 7) is 3.84. The quantitative estimate of drug-likeness (QED) is 0.369. The highest BCUT2D eigenvalue weighted by Crippen LogP contribution is 2.36. The number of rotatable bonds is 7. The minimum absolute atomic E-state index is 0.275. The summed E-state index contributed by atoms with van der Waals surface area (Å²) in [7, 11) is 1.46. The molecule has 0 heterocycles. The largest absolute Gasteiger partial charge is 0.493 e. The van der Waals surface area contributed by atoms with Crippen LogP contribution in [-0.2, 0) is 6.18 Å². The summed E-state index contributed by atoms with van der Waals surface area (Å²) in [5, 5.41) is 3.72. The smallest absolute Gasteiger partial charge is 0.417 e. The van der Waals surface area contributed by atoms with E-state index in [1.807, 2.05) is 0 Å². The first-order chi connectivity index (χ1) is 13.3. The highest BCUT2D eigenvalue weighted by atomic mass is 79.9. The minimum atomic E-state index is -4.64. The fourth-order valence-electron chi connectivity index (χ4n) is 2.25. The number of benzene rings is 2. The summed E-state index contributed by atoms with van der Waals surface area (Å²) < 4.78 is 50.3. The molecule has 9 heteroatoms. The Balaban J connectivity index is 2.18. The number of nitrogens with zero attached hydrogens (tertiary/aromatic N) is 1. The molecule has 5 nitrogen and oxygen atoms in total. The number of nitrogens with one attached hydrogen (secondary N) is 1. The molecule has 0 saturated heterocycles. The summed E-state index contributed by atoms with van der Waals surface area (Å²) in [6.07, 6.45) is -1.79. The molecule has 2 rings (SSSR count). The number of ether oxygens (including phenoxy) is 2. The van der Waals surface area contributed by atoms with Gasteiger partial charge in [0.1, 0.15) is 6.61 Å². The van der Waals surface area contributed by atoms with Gasteiger partial charge in [-0.25, -0.2) is 5.43 Å². The van der Waals surface area contributed by atoms with Crippen LogP contribution in [0.4, 0.5) is 13.2 Å². The van der Waals surface area contributed by atoms with Crippen LogP contribution < -0.4 is 14.9 Å². The molecule has 0 saturated carbocycles. The number of hydrazone groups is 1. The van der Waals surface area contributed by atoms with E-state index in [4.69, 9.17) is 9.47 Å². The van der Waals surface area contributed by atoms with E-state index in [0.29, 0.717) is 21.5 Å². The number of hydrogen-bond donors (Lipinski definition) is 1. The molecule has 2 aromatic rings. The standard InChI is InChI=1S/C19H16BrF3N2O3/c1-3-8-28-17-15(20)9-12(10-16(17)27-2)11-24-25-18(26)13-6-4-5-7-14(13)19(21,22)23/h3-7,9-11H,1,8H2,2H3,(H,25,26)/b24-11+. The second-order valence-corrected chi connectivity index (χ2v) is 6.23. The van der Waals surface area contributed by atoms with Crippen molar-refractivity contribution in [1.82, 2.24) is 5.43 Å². The fraction of sp³-hybridized carbons (Fsp3) is 0.158. The van der Waals surface area contributed by atoms with Gasteiger partial charge in [0.05, 0.1) is 28.9 Å². The first kappa shape index (κ1) is 21.5. The summed E-state index contributed by atoms with van der Waals surface area (Å²) in [4.78, 5) is 12.1. The Morgan fingerprint density at radius 1 is 1.32 bits per heavy atom. The molecule has 0 aliphatic heterocycles. The van der Waals surface area contributed by atoms with E-state index >= 15 is 0 Å². The SMILES string of the molecule is C=CCOc1c(Br)cc(/C=N/NC(=O)c2ccccc2C(F)(F)F)cc1OC. The zero-order valence-electron chi connectivity index (χ0n) is 14.7. The van der Waals surface area contributed by atoms with Gasteiger partial charge in [-0.15, -0.1) is 0 Å². The van der Waals surface area contributed by atoms with Gasteiger partial charge in [-0.2, -0.15) is 18.3 Å². The number of alkyl halides is 3. The lowest BCUT2D eigenvalue weighted by Crippen LogP contribution is -2.22. The molecule has 1 amide bonds. The van der Waals surface area contributed by atoms with Crippen molar-refractivity contribution in [3.05, 3.63) is 70.2 Å². The Kier molecular flexibility index (Phi) is 7.22. The molecule has 0 radical (unpaired) electrons. The highest BCUT2D eigenvalue weighted by Gasteiger charge is 2.34. The van der Waals surface area contributed by atoms with Gasteiger partial charge in [0.2, 0.25) is 0 Å². The van der Waals surface area contributed by atoms with E-state index in [1.165, 1.54) is 25.5 Å². The molecule has 0 unspecified atom stereocenters. The van der Waals surface area contributed by atoms with Crippen molar-refractivity contribution in [2.75, 3.05) is 13.7 Å². The summed E-state index contributed by atoms with van der Waals surface area (Å²) in [6, 6.07) is 7.73. The Morgan fingerprint density at radius 3 is 2.68 bits per heavy atom. The maximum atomic E-state index is 13.0. The molecular formula is C19H16BrF3N2O3. The maximum Gasteiger partial charge on any atom is 0.417 e. The maximum absolute atomic E-state index is 13.0. The van der Waals surface area contributed by atoms with Crippen LogP contribution in [0.25, 0.3) is 0 Å². The van der Waals surface area contributed by atoms with E-state index in [1.54, 1.807) is 18.2 Å². The highest BCUT2D eigenvalue weighted by molar-refractivity contribution is 9.10. The molecule has 0 bridgehead atoms. The lowest BCUT2D eigenvalue weighted by atomic mass is 10.1. The number of hydrogen-bond acceptors (Lipinski definition) is 4. The van der Waals surface area contributed by atoms with Crippen LogP contribution in [0.1, 0.15) is 21.5 Å². The molecule has 1 N–H and O–H groups in total. The van der Waals surface area contributed by atoms with Gasteiger partial charge < -0.3 is 9.47 Å². The van der Waals surface area contributed by atoms with Crippen molar-refractivity contribution in [3.63, 3.8) is 0 Å². The van der Waals surface area contributed by atoms with Gasteiger partial charge in [0.15, 0.2) is 11.5 Å². The van der Waals surface area contributed by atoms with E-state index in [-0.39, 0.29) is 6.61 Å². The molecule has 0 aromatic heterocycles. The van der Waals surface area contributed by atoms with Gasteiger partial charge in [-0.1, -0.05) is 24.8 Å². The summed E-state index contributed by atoms with van der Waals surface area (Å²) in [5.41, 5.74) is 1.08. The van der Waals surface area contributed by atoms with Crippen molar-refractivity contribution in [2.45, 2.75) is 6.18 Å². The molecule has 0 aliphatic rings. The second-order valence-electron chi connectivity index (χ2n) is 5.38. The fourth-order valence-corrected chi connectivity index (χ4v) is 2.82. The number of amides is 1. The van der Waals surface area contributed by atoms with Crippen LogP contribution in [-0.4, -0.2) is 25.8 Å². The zero-order valence-corrected chi connectivity index (χ0v) is 16.3. The molecular weight excluding hydrogens is 441 g/mol. The first-order valence-electron chi connectivity index (χ1n) is 7.88. The third-order valence-corrected chi connectivity index (χ3v) is 4.04. The van der Waals surface area contributed by atoms with Crippen LogP contribution in [0.15, 0.2) is 58.6 Å². The Labute approximate surface area is 168 Å². The monoisotopic (exact) mass is 456 g/mol. The Morgan fingerprint density at radius 2 is 2.04 bits per heavy atom. The predicted octanol–water partition coefficient (Wildman–Crippen LogP) is 4.81. The van der Waals surface area contributed by atoms with E-state index in [2.05, 4.69) is 33.0 Å². The topological polar surface area (TPSA) is 59.9 Å². The van der Waals surface area contributed by atoms with Gasteiger partial charge in [0, 0.05) is 0 Å². The van der Waals surface area contributed by atoms with Gasteiger partial charge in [-0.3, -0.25) is 4.79 Å². The van der Waals surface area contributed by atoms with Gasteiger partial charge in [-0.05, 0) is 45.8 Å². The first-order valence-corrected chi connectivity index (χ1v) is 8.68. The lowest BCUT2D eigenvalue weighted by molar-refractivity contribution is -0.137. The molecule has 28 heavy (non-hydrogen) atoms. The number of methoxy groups -OCH3 is 1. The third-order valence-electron chi connectivity index (χ3n) is 3.45. The summed E-state index contributed by atoms with van der Waals surface area (Å²) in [5.74, 6) is -0.102. The van der Waals surface area contributed by atoms with Crippen molar-refractivity contribution >= 4 is 28.1 Å². The van der Waals surface area contributed by atoms with Crippen LogP contribution >= 0.6 is 15.9 Å². The second kappa shape index (κ2) is 9.41.